The maximum atomic E-state index is 13.5. The lowest BCUT2D eigenvalue weighted by atomic mass is 10.0. The molecule has 0 heterocycles. The van der Waals surface area contributed by atoms with E-state index in [-0.39, 0.29) is 0 Å². The van der Waals surface area contributed by atoms with Crippen LogP contribution in [0, 0.1) is 22.9 Å². The summed E-state index contributed by atoms with van der Waals surface area (Å²) in [5.74, 6) is -0.841. The molecule has 2 N–H and O–H groups in total. The molecule has 0 spiro atoms. The van der Waals surface area contributed by atoms with Gasteiger partial charge in [-0.15, -0.1) is 0 Å². The molecule has 0 aromatic heterocycles. The summed E-state index contributed by atoms with van der Waals surface area (Å²) >= 11 is 0. The zero-order valence-corrected chi connectivity index (χ0v) is 9.68. The molecule has 0 saturated carbocycles. The van der Waals surface area contributed by atoms with Crippen LogP contribution in [0.15, 0.2) is 36.4 Å². The average Bonchev–Trinajstić information content (AvgIpc) is 2.32. The molecule has 5 heteroatoms. The van der Waals surface area contributed by atoms with E-state index in [1.807, 2.05) is 13.0 Å². The topological polar surface area (TPSA) is 69.2 Å². The molecule has 2 rings (SSSR count). The first-order valence-electron chi connectivity index (χ1n) is 5.29. The summed E-state index contributed by atoms with van der Waals surface area (Å²) in [6.07, 6.45) is 0. The first kappa shape index (κ1) is 12.0. The summed E-state index contributed by atoms with van der Waals surface area (Å²) in [4.78, 5) is 9.77. The van der Waals surface area contributed by atoms with Gasteiger partial charge in [0.15, 0.2) is 0 Å². The van der Waals surface area contributed by atoms with Crippen LogP contribution < -0.4 is 5.73 Å². The summed E-state index contributed by atoms with van der Waals surface area (Å²) in [5, 5.41) is 10.5. The van der Waals surface area contributed by atoms with E-state index in [1.165, 1.54) is 6.07 Å². The highest BCUT2D eigenvalue weighted by molar-refractivity contribution is 5.68. The van der Waals surface area contributed by atoms with Crippen molar-refractivity contribution in [1.82, 2.24) is 0 Å². The summed E-state index contributed by atoms with van der Waals surface area (Å²) in [6.45, 7) is 1.85. The lowest BCUT2D eigenvalue weighted by molar-refractivity contribution is -0.387. The Morgan fingerprint density at radius 2 is 1.78 bits per heavy atom. The third-order valence-electron chi connectivity index (χ3n) is 2.75. The van der Waals surface area contributed by atoms with E-state index in [2.05, 4.69) is 0 Å². The number of benzene rings is 2. The third kappa shape index (κ3) is 2.15. The Bertz CT molecular complexity index is 626. The third-order valence-corrected chi connectivity index (χ3v) is 2.75. The number of rotatable bonds is 2. The van der Waals surface area contributed by atoms with E-state index >= 15 is 0 Å². The highest BCUT2D eigenvalue weighted by Crippen LogP contribution is 2.27. The molecule has 0 aliphatic rings. The molecule has 0 bridgehead atoms. The van der Waals surface area contributed by atoms with Crippen LogP contribution in [0.5, 0.6) is 0 Å². The van der Waals surface area contributed by atoms with Gasteiger partial charge in [-0.25, -0.2) is 0 Å². The number of hydrogen-bond donors (Lipinski definition) is 1. The minimum Gasteiger partial charge on any atom is -0.399 e. The smallest absolute Gasteiger partial charge is 0.304 e. The second-order valence-corrected chi connectivity index (χ2v) is 3.99. The number of hydrogen-bond acceptors (Lipinski definition) is 3. The van der Waals surface area contributed by atoms with Gasteiger partial charge in [0, 0.05) is 11.8 Å². The zero-order chi connectivity index (χ0) is 13.3. The highest BCUT2D eigenvalue weighted by Gasteiger charge is 2.14. The molecule has 0 saturated heterocycles. The number of anilines is 1. The summed E-state index contributed by atoms with van der Waals surface area (Å²) < 4.78 is 13.5. The van der Waals surface area contributed by atoms with Crippen LogP contribution >= 0.6 is 0 Å². The number of aryl methyl sites for hydroxylation is 1. The van der Waals surface area contributed by atoms with Crippen molar-refractivity contribution < 1.29 is 9.31 Å². The fourth-order valence-electron chi connectivity index (χ4n) is 1.69. The minimum atomic E-state index is -0.841. The fourth-order valence-corrected chi connectivity index (χ4v) is 1.69. The summed E-state index contributed by atoms with van der Waals surface area (Å²) in [7, 11) is 0. The van der Waals surface area contributed by atoms with Gasteiger partial charge >= 0.3 is 5.69 Å². The first-order valence-corrected chi connectivity index (χ1v) is 5.29. The van der Waals surface area contributed by atoms with E-state index in [4.69, 9.17) is 5.73 Å². The van der Waals surface area contributed by atoms with E-state index in [1.54, 1.807) is 12.1 Å². The van der Waals surface area contributed by atoms with Crippen LogP contribution in [0.4, 0.5) is 15.8 Å². The standard InChI is InChI=1S/C13H11FN2O2/c1-8-6-9(2-4-12(8)15)10-3-5-13(16(17)18)11(14)7-10/h2-7H,15H2,1H3. The highest BCUT2D eigenvalue weighted by atomic mass is 19.1. The van der Waals surface area contributed by atoms with E-state index in [0.29, 0.717) is 11.3 Å². The quantitative estimate of drug-likeness (QED) is 0.502. The minimum absolute atomic E-state index is 0.522. The zero-order valence-electron chi connectivity index (χ0n) is 9.68. The van der Waals surface area contributed by atoms with Crippen molar-refractivity contribution >= 4 is 11.4 Å². The van der Waals surface area contributed by atoms with Gasteiger partial charge < -0.3 is 5.73 Å². The van der Waals surface area contributed by atoms with Crippen LogP contribution in [0.1, 0.15) is 5.56 Å². The fraction of sp³-hybridized carbons (Fsp3) is 0.0769. The maximum absolute atomic E-state index is 13.5. The molecule has 0 amide bonds. The molecule has 0 atom stereocenters. The SMILES string of the molecule is Cc1cc(-c2ccc([N+](=O)[O-])c(F)c2)ccc1N. The predicted molar refractivity (Wildman–Crippen MR) is 67.6 cm³/mol. The molecule has 0 radical (unpaired) electrons. The molecule has 4 nitrogen and oxygen atoms in total. The Kier molecular flexibility index (Phi) is 2.97. The Labute approximate surface area is 103 Å². The molecule has 18 heavy (non-hydrogen) atoms. The number of nitrogen functional groups attached to an aromatic ring is 1. The largest absolute Gasteiger partial charge is 0.399 e. The summed E-state index contributed by atoms with van der Waals surface area (Å²) in [6, 6.07) is 9.13. The number of nitro groups is 1. The Morgan fingerprint density at radius 3 is 2.33 bits per heavy atom. The predicted octanol–water partition coefficient (Wildman–Crippen LogP) is 3.29. The Morgan fingerprint density at radius 1 is 1.17 bits per heavy atom. The molecule has 2 aromatic rings. The average molecular weight is 246 g/mol. The van der Waals surface area contributed by atoms with Gasteiger partial charge in [-0.05, 0) is 47.9 Å². The van der Waals surface area contributed by atoms with Crippen LogP contribution in [0.25, 0.3) is 11.1 Å². The van der Waals surface area contributed by atoms with Crippen molar-refractivity contribution in [2.24, 2.45) is 0 Å². The number of halogens is 1. The monoisotopic (exact) mass is 246 g/mol. The summed E-state index contributed by atoms with van der Waals surface area (Å²) in [5.41, 5.74) is 8.07. The van der Waals surface area contributed by atoms with E-state index < -0.39 is 16.4 Å². The van der Waals surface area contributed by atoms with Gasteiger partial charge in [0.2, 0.25) is 5.82 Å². The molecule has 0 aliphatic carbocycles. The van der Waals surface area contributed by atoms with Crippen molar-refractivity contribution in [3.05, 3.63) is 57.9 Å². The Hall–Kier alpha value is -2.43. The normalized spacial score (nSPS) is 10.3. The lowest BCUT2D eigenvalue weighted by Gasteiger charge is -2.05. The van der Waals surface area contributed by atoms with Gasteiger partial charge in [0.05, 0.1) is 4.92 Å². The van der Waals surface area contributed by atoms with Gasteiger partial charge in [0.25, 0.3) is 0 Å². The van der Waals surface area contributed by atoms with Gasteiger partial charge in [-0.3, -0.25) is 10.1 Å². The van der Waals surface area contributed by atoms with Gasteiger partial charge in [0.1, 0.15) is 0 Å². The van der Waals surface area contributed by atoms with E-state index in [9.17, 15) is 14.5 Å². The van der Waals surface area contributed by atoms with Crippen LogP contribution in [0.2, 0.25) is 0 Å². The van der Waals surface area contributed by atoms with E-state index in [0.717, 1.165) is 23.3 Å². The second kappa shape index (κ2) is 4.44. The molecular weight excluding hydrogens is 235 g/mol. The molecule has 2 aromatic carbocycles. The van der Waals surface area contributed by atoms with Crippen molar-refractivity contribution in [2.45, 2.75) is 6.92 Å². The van der Waals surface area contributed by atoms with Crippen LogP contribution in [0.3, 0.4) is 0 Å². The van der Waals surface area contributed by atoms with Crippen molar-refractivity contribution in [2.75, 3.05) is 5.73 Å². The van der Waals surface area contributed by atoms with Crippen molar-refractivity contribution in [3.8, 4) is 11.1 Å². The number of nitrogens with zero attached hydrogens (tertiary/aromatic N) is 1. The van der Waals surface area contributed by atoms with Crippen molar-refractivity contribution in [1.29, 1.82) is 0 Å². The molecular formula is C13H11FN2O2. The Balaban J connectivity index is 2.48. The second-order valence-electron chi connectivity index (χ2n) is 3.99. The number of nitrogens with two attached hydrogens (primary N) is 1. The lowest BCUT2D eigenvalue weighted by Crippen LogP contribution is -1.93. The molecule has 0 unspecified atom stereocenters. The van der Waals surface area contributed by atoms with Crippen LogP contribution in [-0.4, -0.2) is 4.92 Å². The molecule has 0 fully saturated rings. The van der Waals surface area contributed by atoms with Crippen molar-refractivity contribution in [3.63, 3.8) is 0 Å². The number of nitro benzene ring substituents is 1. The molecule has 0 aliphatic heterocycles. The van der Waals surface area contributed by atoms with Gasteiger partial charge in [-0.1, -0.05) is 6.07 Å². The maximum Gasteiger partial charge on any atom is 0.304 e. The van der Waals surface area contributed by atoms with Crippen LogP contribution in [-0.2, 0) is 0 Å². The first-order chi connectivity index (χ1) is 8.49. The molecule has 92 valence electrons. The van der Waals surface area contributed by atoms with Gasteiger partial charge in [-0.2, -0.15) is 4.39 Å².